The van der Waals surface area contributed by atoms with Crippen LogP contribution in [0.1, 0.15) is 5.69 Å². The Bertz CT molecular complexity index is 8840. The average molecular weight is 1670 g/mol. The van der Waals surface area contributed by atoms with Gasteiger partial charge in [0.15, 0.2) is 16.9 Å². The van der Waals surface area contributed by atoms with Crippen molar-refractivity contribution in [3.63, 3.8) is 0 Å². The minimum atomic E-state index is 0.567. The molecule has 27 aromatic rings. The van der Waals surface area contributed by atoms with Crippen molar-refractivity contribution in [2.45, 2.75) is 6.92 Å². The topological polar surface area (TPSA) is 192 Å². The molecule has 27 rings (SSSR count). The SMILES string of the molecule is Cc1cnc2nc(-n3c4ccccc4c4ccccc43)nc(-c3ccccc3)c2n1.c1ccc(-c2cnc3c(-c4ccccc4)nc(-n4c5ccccc5c5ccccc54)nc3n2)cc1.c1ccc(-c2nc(-n3c4ccccc4c4ccccc43)nc3nccnc23)cc1.c1ccc2c(-n3c4ccccc4c4ccccc43)nc(-n3c4ccccc4c4ccccc43)cc2c1. The van der Waals surface area contributed by atoms with Crippen molar-refractivity contribution in [2.75, 3.05) is 0 Å². The summed E-state index contributed by atoms with van der Waals surface area (Å²) in [5, 5.41) is 14.3. The smallest absolute Gasteiger partial charge is 0.237 e. The van der Waals surface area contributed by atoms with Crippen molar-refractivity contribution >= 4 is 153 Å². The molecule has 0 N–H and O–H groups in total. The number of benzene rings is 15. The van der Waals surface area contributed by atoms with Crippen molar-refractivity contribution in [1.29, 1.82) is 0 Å². The summed E-state index contributed by atoms with van der Waals surface area (Å²) in [6.45, 7) is 1.93. The Kier molecular flexibility index (Phi) is 18.6. The molecule has 610 valence electrons. The monoisotopic (exact) mass is 1670 g/mol. The number of para-hydroxylation sites is 10. The molecule has 0 aliphatic rings. The van der Waals surface area contributed by atoms with Crippen LogP contribution < -0.4 is 0 Å². The van der Waals surface area contributed by atoms with Crippen LogP contribution in [0.4, 0.5) is 0 Å². The summed E-state index contributed by atoms with van der Waals surface area (Å²) < 4.78 is 11.0. The Balaban J connectivity index is 0.0000000964. The lowest BCUT2D eigenvalue weighted by Crippen LogP contribution is -2.05. The molecule has 15 aromatic carbocycles. The van der Waals surface area contributed by atoms with Gasteiger partial charge in [-0.2, -0.15) is 15.0 Å². The third-order valence-corrected chi connectivity index (χ3v) is 24.1. The summed E-state index contributed by atoms with van der Waals surface area (Å²) in [4.78, 5) is 63.0. The maximum Gasteiger partial charge on any atom is 0.237 e. The van der Waals surface area contributed by atoms with Crippen LogP contribution in [0.3, 0.4) is 0 Å². The van der Waals surface area contributed by atoms with E-state index in [1.807, 2.05) is 165 Å². The lowest BCUT2D eigenvalue weighted by Gasteiger charge is -2.15. The summed E-state index contributed by atoms with van der Waals surface area (Å²) in [7, 11) is 0. The van der Waals surface area contributed by atoms with Gasteiger partial charge in [0.1, 0.15) is 45.3 Å². The number of rotatable bonds is 9. The highest BCUT2D eigenvalue weighted by atomic mass is 15.2. The van der Waals surface area contributed by atoms with Crippen molar-refractivity contribution in [1.82, 2.24) is 87.6 Å². The van der Waals surface area contributed by atoms with E-state index in [0.717, 1.165) is 134 Å². The molecule has 0 aliphatic carbocycles. The van der Waals surface area contributed by atoms with Gasteiger partial charge in [0, 0.05) is 93.9 Å². The fraction of sp³-hybridized carbons (Fsp3) is 0.00893. The highest BCUT2D eigenvalue weighted by molar-refractivity contribution is 6.14. The maximum absolute atomic E-state index is 5.41. The van der Waals surface area contributed by atoms with Gasteiger partial charge in [0.05, 0.1) is 78.9 Å². The summed E-state index contributed by atoms with van der Waals surface area (Å²) in [5.41, 5.74) is 22.8. The molecule has 0 radical (unpaired) electrons. The highest BCUT2D eigenvalue weighted by Crippen LogP contribution is 2.41. The maximum atomic E-state index is 5.41. The molecule has 0 unspecified atom stereocenters. The van der Waals surface area contributed by atoms with E-state index in [0.29, 0.717) is 51.3 Å². The molecule has 0 aliphatic heterocycles. The standard InChI is InChI=1S/C33H21N3.C30H19N5.C25H17N5.C24H15N5/c1-2-12-23-22(11-1)21-32(35-28-17-7-3-13-24(28)25-14-4-8-18-29(25)35)34-33(23)36-30-19-9-5-15-26(30)27-16-6-10-20-31(27)36;1-3-11-20(12-4-1)24-19-31-28-27(21-13-5-2-6-14-21)33-30(34-29(28)32-24)35-25-17-9-7-15-22(25)23-16-8-10-18-26(23)35;1-16-15-26-24-23(27-16)22(17-9-3-2-4-10-17)28-25(29-24)30-20-13-7-5-11-18(20)19-12-6-8-14-21(19)30;1-2-8-16(9-3-1)21-22-23(26-15-14-25-22)28-24(27-21)29-19-12-6-4-10-17(19)18-11-5-7-13-20(18)29/h1-21H;1-19H;2-15H,1H3;1-15H. The fourth-order valence-corrected chi connectivity index (χ4v) is 18.4. The van der Waals surface area contributed by atoms with Crippen LogP contribution in [-0.4, -0.2) is 87.6 Å². The van der Waals surface area contributed by atoms with Crippen LogP contribution >= 0.6 is 0 Å². The number of aromatic nitrogens is 18. The quantitative estimate of drug-likeness (QED) is 0.133. The molecule has 0 spiro atoms. The molecule has 0 saturated heterocycles. The number of nitrogens with zero attached hydrogens (tertiary/aromatic N) is 18. The number of aryl methyl sites for hydroxylation is 1. The molecule has 0 saturated carbocycles. The normalized spacial score (nSPS) is 11.6. The molecular weight excluding hydrogens is 1600 g/mol. The average Bonchev–Trinajstić information content (AvgIpc) is 1.57. The predicted molar refractivity (Wildman–Crippen MR) is 525 cm³/mol. The molecule has 0 amide bonds. The van der Waals surface area contributed by atoms with Crippen LogP contribution in [0.15, 0.2) is 419 Å². The van der Waals surface area contributed by atoms with Crippen LogP contribution in [0.5, 0.6) is 0 Å². The van der Waals surface area contributed by atoms with E-state index in [1.165, 1.54) is 48.5 Å². The first-order chi connectivity index (χ1) is 64.4. The fourth-order valence-electron chi connectivity index (χ4n) is 18.4. The number of hydrogen-bond acceptors (Lipinski definition) is 13. The van der Waals surface area contributed by atoms with Crippen LogP contribution in [0.25, 0.3) is 228 Å². The number of fused-ring (bicyclic) bond motifs is 19. The first-order valence-electron chi connectivity index (χ1n) is 43.0. The second kappa shape index (κ2) is 31.9. The van der Waals surface area contributed by atoms with Gasteiger partial charge in [0.25, 0.3) is 0 Å². The van der Waals surface area contributed by atoms with Gasteiger partial charge >= 0.3 is 0 Å². The Labute approximate surface area is 742 Å². The zero-order chi connectivity index (χ0) is 86.1. The Morgan fingerprint density at radius 2 is 0.492 bits per heavy atom. The van der Waals surface area contributed by atoms with Gasteiger partial charge in [-0.15, -0.1) is 0 Å². The van der Waals surface area contributed by atoms with E-state index in [4.69, 9.17) is 49.8 Å². The lowest BCUT2D eigenvalue weighted by atomic mass is 10.1. The molecule has 18 heteroatoms. The lowest BCUT2D eigenvalue weighted by molar-refractivity contribution is 0.994. The highest BCUT2D eigenvalue weighted by Gasteiger charge is 2.25. The second-order valence-corrected chi connectivity index (χ2v) is 31.8. The van der Waals surface area contributed by atoms with Crippen LogP contribution in [0.2, 0.25) is 0 Å². The molecule has 18 nitrogen and oxygen atoms in total. The van der Waals surface area contributed by atoms with Gasteiger partial charge in [-0.3, -0.25) is 22.8 Å². The first kappa shape index (κ1) is 75.7. The van der Waals surface area contributed by atoms with E-state index >= 15 is 0 Å². The minimum absolute atomic E-state index is 0.567. The molecular formula is C112H72N18. The predicted octanol–water partition coefficient (Wildman–Crippen LogP) is 26.0. The number of pyridine rings is 1. The van der Waals surface area contributed by atoms with E-state index in [9.17, 15) is 0 Å². The molecule has 12 aromatic heterocycles. The molecule has 0 atom stereocenters. The minimum Gasteiger partial charge on any atom is -0.294 e. The number of hydrogen-bond donors (Lipinski definition) is 0. The van der Waals surface area contributed by atoms with E-state index in [1.54, 1.807) is 24.8 Å². The second-order valence-electron chi connectivity index (χ2n) is 31.8. The van der Waals surface area contributed by atoms with Crippen LogP contribution in [0, 0.1) is 6.92 Å². The summed E-state index contributed by atoms with van der Waals surface area (Å²) in [6.07, 6.45) is 6.89. The largest absolute Gasteiger partial charge is 0.294 e. The van der Waals surface area contributed by atoms with Crippen molar-refractivity contribution in [2.24, 2.45) is 0 Å². The van der Waals surface area contributed by atoms with E-state index in [2.05, 4.69) is 274 Å². The van der Waals surface area contributed by atoms with E-state index in [-0.39, 0.29) is 0 Å². The van der Waals surface area contributed by atoms with Gasteiger partial charge in [-0.1, -0.05) is 328 Å². The third-order valence-electron chi connectivity index (χ3n) is 24.1. The Morgan fingerprint density at radius 1 is 0.200 bits per heavy atom. The molecule has 0 bridgehead atoms. The third kappa shape index (κ3) is 13.1. The zero-order valence-electron chi connectivity index (χ0n) is 69.9. The molecule has 130 heavy (non-hydrogen) atoms. The summed E-state index contributed by atoms with van der Waals surface area (Å²) >= 11 is 0. The van der Waals surface area contributed by atoms with Crippen LogP contribution in [-0.2, 0) is 0 Å². The molecule has 0 fully saturated rings. The molecule has 12 heterocycles. The van der Waals surface area contributed by atoms with E-state index < -0.39 is 0 Å². The Morgan fingerprint density at radius 3 is 0.877 bits per heavy atom. The Hall–Kier alpha value is -18.0. The van der Waals surface area contributed by atoms with Gasteiger partial charge < -0.3 is 0 Å². The summed E-state index contributed by atoms with van der Waals surface area (Å²) in [6, 6.07) is 136. The van der Waals surface area contributed by atoms with Crippen molar-refractivity contribution in [3.8, 4) is 74.5 Å². The van der Waals surface area contributed by atoms with Gasteiger partial charge in [0.2, 0.25) is 17.8 Å². The van der Waals surface area contributed by atoms with Gasteiger partial charge in [-0.25, -0.2) is 49.8 Å². The van der Waals surface area contributed by atoms with Crippen molar-refractivity contribution in [3.05, 3.63) is 425 Å². The first-order valence-corrected chi connectivity index (χ1v) is 43.0. The van der Waals surface area contributed by atoms with Crippen molar-refractivity contribution < 1.29 is 0 Å². The summed E-state index contributed by atoms with van der Waals surface area (Å²) in [5.74, 6) is 3.63. The zero-order valence-corrected chi connectivity index (χ0v) is 69.9. The van der Waals surface area contributed by atoms with Gasteiger partial charge in [-0.05, 0) is 79.0 Å².